The van der Waals surface area contributed by atoms with Gasteiger partial charge in [-0.05, 0) is 24.6 Å². The lowest BCUT2D eigenvalue weighted by Crippen LogP contribution is -2.26. The van der Waals surface area contributed by atoms with Crippen molar-refractivity contribution in [2.75, 3.05) is 6.61 Å². The van der Waals surface area contributed by atoms with E-state index in [1.165, 1.54) is 6.20 Å². The van der Waals surface area contributed by atoms with Gasteiger partial charge in [0.25, 0.3) is 0 Å². The van der Waals surface area contributed by atoms with Crippen LogP contribution in [0.15, 0.2) is 41.1 Å². The second kappa shape index (κ2) is 6.54. The fourth-order valence-corrected chi connectivity index (χ4v) is 2.45. The second-order valence-electron chi connectivity index (χ2n) is 5.55. The van der Waals surface area contributed by atoms with Gasteiger partial charge in [-0.15, -0.1) is 0 Å². The molecule has 8 heteroatoms. The van der Waals surface area contributed by atoms with Gasteiger partial charge in [0, 0.05) is 30.1 Å². The molecule has 2 aromatic heterocycles. The molecule has 0 aromatic carbocycles. The van der Waals surface area contributed by atoms with Gasteiger partial charge in [0.15, 0.2) is 6.61 Å². The minimum absolute atomic E-state index is 0.0568. The quantitative estimate of drug-likeness (QED) is 0.878. The summed E-state index contributed by atoms with van der Waals surface area (Å²) in [6, 6.07) is 6.73. The maximum absolute atomic E-state index is 12.2. The number of nitrogens with one attached hydrogen (secondary N) is 1. The number of hydrogen-bond donors (Lipinski definition) is 1. The first kappa shape index (κ1) is 16.4. The molecule has 1 aliphatic carbocycles. The standard InChI is InChI=1S/C16H15F3N2O3/c17-16(18,19)9-24-15-10(3-1-5-20-15)8-21-14(22)12-7-11(12)13-4-2-6-23-13/h1-6,11-12H,7-9H2,(H,21,22). The summed E-state index contributed by atoms with van der Waals surface area (Å²) < 4.78 is 46.7. The fraction of sp³-hybridized carbons (Fsp3) is 0.375. The maximum atomic E-state index is 12.2. The molecule has 1 amide bonds. The number of halogens is 3. The van der Waals surface area contributed by atoms with Crippen LogP contribution in [0.4, 0.5) is 13.2 Å². The van der Waals surface area contributed by atoms with Crippen molar-refractivity contribution in [1.82, 2.24) is 10.3 Å². The predicted molar refractivity (Wildman–Crippen MR) is 77.2 cm³/mol. The van der Waals surface area contributed by atoms with Crippen LogP contribution < -0.4 is 10.1 Å². The summed E-state index contributed by atoms with van der Waals surface area (Å²) in [4.78, 5) is 15.9. The van der Waals surface area contributed by atoms with E-state index in [9.17, 15) is 18.0 Å². The summed E-state index contributed by atoms with van der Waals surface area (Å²) in [5.74, 6) is 0.364. The fourth-order valence-electron chi connectivity index (χ4n) is 2.45. The number of nitrogens with zero attached hydrogens (tertiary/aromatic N) is 1. The number of ether oxygens (including phenoxy) is 1. The van der Waals surface area contributed by atoms with Crippen LogP contribution in [-0.4, -0.2) is 23.7 Å². The first-order valence-electron chi connectivity index (χ1n) is 7.38. The molecule has 3 rings (SSSR count). The normalized spacial score (nSPS) is 19.8. The zero-order chi connectivity index (χ0) is 17.2. The van der Waals surface area contributed by atoms with Crippen molar-refractivity contribution in [3.05, 3.63) is 48.0 Å². The van der Waals surface area contributed by atoms with Crippen molar-refractivity contribution in [1.29, 1.82) is 0 Å². The molecule has 0 bridgehead atoms. The van der Waals surface area contributed by atoms with Gasteiger partial charge in [-0.2, -0.15) is 13.2 Å². The van der Waals surface area contributed by atoms with Crippen molar-refractivity contribution in [3.63, 3.8) is 0 Å². The molecule has 0 aliphatic heterocycles. The minimum atomic E-state index is -4.44. The molecule has 1 aliphatic rings. The van der Waals surface area contributed by atoms with Crippen molar-refractivity contribution in [3.8, 4) is 5.88 Å². The molecule has 0 radical (unpaired) electrons. The van der Waals surface area contributed by atoms with Gasteiger partial charge < -0.3 is 14.5 Å². The molecule has 1 N–H and O–H groups in total. The Kier molecular flexibility index (Phi) is 4.46. The van der Waals surface area contributed by atoms with Gasteiger partial charge in [-0.1, -0.05) is 6.07 Å². The first-order chi connectivity index (χ1) is 11.4. The van der Waals surface area contributed by atoms with Crippen LogP contribution in [0.25, 0.3) is 0 Å². The van der Waals surface area contributed by atoms with Crippen LogP contribution >= 0.6 is 0 Å². The third-order valence-corrected chi connectivity index (χ3v) is 3.71. The SMILES string of the molecule is O=C(NCc1cccnc1OCC(F)(F)F)C1CC1c1ccco1. The van der Waals surface area contributed by atoms with Gasteiger partial charge in [-0.3, -0.25) is 4.79 Å². The summed E-state index contributed by atoms with van der Waals surface area (Å²) in [5, 5.41) is 2.71. The molecule has 1 saturated carbocycles. The van der Waals surface area contributed by atoms with E-state index in [1.54, 1.807) is 24.5 Å². The van der Waals surface area contributed by atoms with Gasteiger partial charge in [0.1, 0.15) is 5.76 Å². The molecular formula is C16H15F3N2O3. The molecule has 1 fully saturated rings. The highest BCUT2D eigenvalue weighted by atomic mass is 19.4. The first-order valence-corrected chi connectivity index (χ1v) is 7.38. The van der Waals surface area contributed by atoms with Gasteiger partial charge in [-0.25, -0.2) is 4.98 Å². The minimum Gasteiger partial charge on any atom is -0.469 e. The largest absolute Gasteiger partial charge is 0.469 e. The Labute approximate surface area is 135 Å². The summed E-state index contributed by atoms with van der Waals surface area (Å²) >= 11 is 0. The van der Waals surface area contributed by atoms with E-state index in [4.69, 9.17) is 4.42 Å². The highest BCUT2D eigenvalue weighted by Gasteiger charge is 2.45. The number of amides is 1. The number of carbonyl (C=O) groups is 1. The lowest BCUT2D eigenvalue weighted by atomic mass is 10.2. The number of carbonyl (C=O) groups excluding carboxylic acids is 1. The number of rotatable bonds is 6. The van der Waals surface area contributed by atoms with Crippen LogP contribution in [0.2, 0.25) is 0 Å². The Morgan fingerprint density at radius 2 is 2.21 bits per heavy atom. The summed E-state index contributed by atoms with van der Waals surface area (Å²) in [6.45, 7) is -1.37. The maximum Gasteiger partial charge on any atom is 0.422 e. The monoisotopic (exact) mass is 340 g/mol. The van der Waals surface area contributed by atoms with E-state index >= 15 is 0 Å². The average Bonchev–Trinajstić information content (AvgIpc) is 3.16. The van der Waals surface area contributed by atoms with Gasteiger partial charge in [0.2, 0.25) is 11.8 Å². The van der Waals surface area contributed by atoms with Crippen LogP contribution in [0, 0.1) is 5.92 Å². The second-order valence-corrected chi connectivity index (χ2v) is 5.55. The molecule has 0 spiro atoms. The molecular weight excluding hydrogens is 325 g/mol. The van der Waals surface area contributed by atoms with Gasteiger partial charge in [0.05, 0.1) is 6.26 Å². The zero-order valence-electron chi connectivity index (χ0n) is 12.5. The molecule has 2 unspecified atom stereocenters. The van der Waals surface area contributed by atoms with E-state index < -0.39 is 12.8 Å². The number of alkyl halides is 3. The third kappa shape index (κ3) is 4.06. The zero-order valence-corrected chi connectivity index (χ0v) is 12.5. The van der Waals surface area contributed by atoms with Crippen molar-refractivity contribution in [2.24, 2.45) is 5.92 Å². The Bertz CT molecular complexity index is 701. The molecule has 24 heavy (non-hydrogen) atoms. The molecule has 5 nitrogen and oxygen atoms in total. The van der Waals surface area contributed by atoms with E-state index in [0.29, 0.717) is 12.0 Å². The van der Waals surface area contributed by atoms with E-state index in [1.807, 2.05) is 6.07 Å². The lowest BCUT2D eigenvalue weighted by molar-refractivity contribution is -0.154. The molecule has 128 valence electrons. The van der Waals surface area contributed by atoms with E-state index in [-0.39, 0.29) is 30.2 Å². The molecule has 2 atom stereocenters. The Hall–Kier alpha value is -2.51. The Balaban J connectivity index is 1.54. The van der Waals surface area contributed by atoms with Crippen LogP contribution in [0.1, 0.15) is 23.7 Å². The topological polar surface area (TPSA) is 64.4 Å². The Morgan fingerprint density at radius 1 is 1.38 bits per heavy atom. The Morgan fingerprint density at radius 3 is 2.92 bits per heavy atom. The number of pyridine rings is 1. The number of hydrogen-bond acceptors (Lipinski definition) is 4. The lowest BCUT2D eigenvalue weighted by Gasteiger charge is -2.12. The van der Waals surface area contributed by atoms with Gasteiger partial charge >= 0.3 is 6.18 Å². The van der Waals surface area contributed by atoms with Crippen molar-refractivity contribution in [2.45, 2.75) is 25.1 Å². The predicted octanol–water partition coefficient (Wildman–Crippen LogP) is 3.04. The molecule has 2 aromatic rings. The third-order valence-electron chi connectivity index (χ3n) is 3.71. The van der Waals surface area contributed by atoms with E-state index in [0.717, 1.165) is 5.76 Å². The number of furan rings is 1. The van der Waals surface area contributed by atoms with Crippen LogP contribution in [0.3, 0.4) is 0 Å². The highest BCUT2D eigenvalue weighted by molar-refractivity contribution is 5.82. The number of aromatic nitrogens is 1. The summed E-state index contributed by atoms with van der Waals surface area (Å²) in [5.41, 5.74) is 0.394. The van der Waals surface area contributed by atoms with Crippen molar-refractivity contribution >= 4 is 5.91 Å². The van der Waals surface area contributed by atoms with E-state index in [2.05, 4.69) is 15.0 Å². The van der Waals surface area contributed by atoms with Crippen LogP contribution in [-0.2, 0) is 11.3 Å². The average molecular weight is 340 g/mol. The van der Waals surface area contributed by atoms with Crippen molar-refractivity contribution < 1.29 is 27.1 Å². The molecule has 2 heterocycles. The summed E-state index contributed by atoms with van der Waals surface area (Å²) in [7, 11) is 0. The smallest absolute Gasteiger partial charge is 0.422 e. The molecule has 0 saturated heterocycles. The summed E-state index contributed by atoms with van der Waals surface area (Å²) in [6.07, 6.45) is -0.848. The highest BCUT2D eigenvalue weighted by Crippen LogP contribution is 2.47. The van der Waals surface area contributed by atoms with Crippen LogP contribution in [0.5, 0.6) is 5.88 Å².